The van der Waals surface area contributed by atoms with E-state index >= 15 is 0 Å². The summed E-state index contributed by atoms with van der Waals surface area (Å²) < 4.78 is 27.5. The molecule has 4 heteroatoms. The molecule has 128 valence electrons. The lowest BCUT2D eigenvalue weighted by atomic mass is 10.0. The molecule has 0 aliphatic heterocycles. The Morgan fingerprint density at radius 2 is 1.04 bits per heavy atom. The number of benzene rings is 3. The predicted molar refractivity (Wildman–Crippen MR) is 99.8 cm³/mol. The maximum Gasteiger partial charge on any atom is 0.123 e. The maximum absolute atomic E-state index is 13.8. The van der Waals surface area contributed by atoms with E-state index in [0.717, 1.165) is 22.2 Å². The molecule has 0 N–H and O–H groups in total. The molecule has 4 rings (SSSR count). The van der Waals surface area contributed by atoms with Crippen LogP contribution in [0.1, 0.15) is 11.1 Å². The van der Waals surface area contributed by atoms with E-state index in [4.69, 9.17) is 9.97 Å². The van der Waals surface area contributed by atoms with Gasteiger partial charge in [-0.1, -0.05) is 24.3 Å². The highest BCUT2D eigenvalue weighted by atomic mass is 19.1. The highest BCUT2D eigenvalue weighted by Crippen LogP contribution is 2.32. The van der Waals surface area contributed by atoms with E-state index in [2.05, 4.69) is 0 Å². The number of rotatable bonds is 2. The Labute approximate surface area is 150 Å². The fourth-order valence-corrected chi connectivity index (χ4v) is 2.99. The maximum atomic E-state index is 13.8. The molecule has 3 aromatic carbocycles. The van der Waals surface area contributed by atoms with Crippen molar-refractivity contribution in [3.05, 3.63) is 83.4 Å². The molecular formula is C22H16F2N2. The van der Waals surface area contributed by atoms with E-state index in [9.17, 15) is 8.78 Å². The molecule has 1 aromatic heterocycles. The highest BCUT2D eigenvalue weighted by Gasteiger charge is 2.15. The smallest absolute Gasteiger partial charge is 0.123 e. The van der Waals surface area contributed by atoms with Crippen LogP contribution in [-0.4, -0.2) is 9.97 Å². The molecule has 0 amide bonds. The molecular weight excluding hydrogens is 330 g/mol. The third-order valence-electron chi connectivity index (χ3n) is 4.48. The number of nitrogens with zero attached hydrogens (tertiary/aromatic N) is 2. The van der Waals surface area contributed by atoms with Gasteiger partial charge in [-0.2, -0.15) is 0 Å². The van der Waals surface area contributed by atoms with Gasteiger partial charge in [0, 0.05) is 11.1 Å². The molecule has 0 saturated heterocycles. The van der Waals surface area contributed by atoms with Gasteiger partial charge in [-0.3, -0.25) is 0 Å². The topological polar surface area (TPSA) is 25.8 Å². The normalized spacial score (nSPS) is 11.1. The molecule has 0 unspecified atom stereocenters. The minimum Gasteiger partial charge on any atom is -0.244 e. The zero-order valence-electron chi connectivity index (χ0n) is 14.4. The highest BCUT2D eigenvalue weighted by molar-refractivity contribution is 5.86. The third-order valence-corrected chi connectivity index (χ3v) is 4.48. The van der Waals surface area contributed by atoms with Crippen molar-refractivity contribution in [3.8, 4) is 22.5 Å². The average molecular weight is 346 g/mol. The number of halogens is 2. The lowest BCUT2D eigenvalue weighted by Gasteiger charge is -2.12. The standard InChI is InChI=1S/C22H16F2N2/c1-13-9-19-20(10-14(13)2)26-22(16-6-4-8-18(24)12-16)21(25-19)15-5-3-7-17(23)11-15/h3-12H,1-2H3. The van der Waals surface area contributed by atoms with Crippen molar-refractivity contribution >= 4 is 11.0 Å². The van der Waals surface area contributed by atoms with Crippen molar-refractivity contribution in [1.29, 1.82) is 0 Å². The Morgan fingerprint density at radius 3 is 1.42 bits per heavy atom. The molecule has 0 aliphatic carbocycles. The number of hydrogen-bond donors (Lipinski definition) is 0. The summed E-state index contributed by atoms with van der Waals surface area (Å²) in [6.45, 7) is 4.03. The molecule has 0 radical (unpaired) electrons. The van der Waals surface area contributed by atoms with Crippen LogP contribution in [0.3, 0.4) is 0 Å². The van der Waals surface area contributed by atoms with Gasteiger partial charge in [0.25, 0.3) is 0 Å². The quantitative estimate of drug-likeness (QED) is 0.454. The molecule has 0 fully saturated rings. The lowest BCUT2D eigenvalue weighted by molar-refractivity contribution is 0.627. The first-order valence-corrected chi connectivity index (χ1v) is 8.32. The molecule has 0 atom stereocenters. The summed E-state index contributed by atoms with van der Waals surface area (Å²) in [6, 6.07) is 16.4. The Balaban J connectivity index is 2.06. The SMILES string of the molecule is Cc1cc2nc(-c3cccc(F)c3)c(-c3cccc(F)c3)nc2cc1C. The second kappa shape index (κ2) is 6.30. The van der Waals surface area contributed by atoms with Crippen LogP contribution in [0.25, 0.3) is 33.5 Å². The van der Waals surface area contributed by atoms with E-state index in [1.165, 1.54) is 24.3 Å². The van der Waals surface area contributed by atoms with Crippen molar-refractivity contribution in [2.24, 2.45) is 0 Å². The van der Waals surface area contributed by atoms with Crippen LogP contribution in [0.4, 0.5) is 8.78 Å². The Hall–Kier alpha value is -3.14. The minimum absolute atomic E-state index is 0.352. The van der Waals surface area contributed by atoms with Gasteiger partial charge in [0.2, 0.25) is 0 Å². The summed E-state index contributed by atoms with van der Waals surface area (Å²) in [5, 5.41) is 0. The molecule has 2 nitrogen and oxygen atoms in total. The van der Waals surface area contributed by atoms with Crippen molar-refractivity contribution in [3.63, 3.8) is 0 Å². The molecule has 0 spiro atoms. The summed E-state index contributed by atoms with van der Waals surface area (Å²) in [5.74, 6) is -0.704. The monoisotopic (exact) mass is 346 g/mol. The number of aryl methyl sites for hydroxylation is 2. The van der Waals surface area contributed by atoms with Gasteiger partial charge in [-0.15, -0.1) is 0 Å². The van der Waals surface area contributed by atoms with Crippen LogP contribution in [0.15, 0.2) is 60.7 Å². The first-order chi connectivity index (χ1) is 12.5. The van der Waals surface area contributed by atoms with E-state index in [-0.39, 0.29) is 11.6 Å². The Kier molecular flexibility index (Phi) is 3.96. The van der Waals surface area contributed by atoms with Crippen LogP contribution >= 0.6 is 0 Å². The van der Waals surface area contributed by atoms with Crippen molar-refractivity contribution in [2.75, 3.05) is 0 Å². The van der Waals surface area contributed by atoms with Gasteiger partial charge in [-0.25, -0.2) is 18.7 Å². The third kappa shape index (κ3) is 2.94. The van der Waals surface area contributed by atoms with E-state index in [0.29, 0.717) is 22.5 Å². The first-order valence-electron chi connectivity index (χ1n) is 8.32. The number of fused-ring (bicyclic) bond motifs is 1. The van der Waals surface area contributed by atoms with E-state index in [1.54, 1.807) is 24.3 Å². The second-order valence-electron chi connectivity index (χ2n) is 6.37. The Morgan fingerprint density at radius 1 is 0.615 bits per heavy atom. The van der Waals surface area contributed by atoms with E-state index < -0.39 is 0 Å². The van der Waals surface area contributed by atoms with Gasteiger partial charge >= 0.3 is 0 Å². The fourth-order valence-electron chi connectivity index (χ4n) is 2.99. The summed E-state index contributed by atoms with van der Waals surface area (Å²) >= 11 is 0. The number of hydrogen-bond acceptors (Lipinski definition) is 2. The molecule has 1 heterocycles. The molecule has 4 aromatic rings. The molecule has 0 aliphatic rings. The predicted octanol–water partition coefficient (Wildman–Crippen LogP) is 5.86. The van der Waals surface area contributed by atoms with Gasteiger partial charge in [0.05, 0.1) is 22.4 Å². The van der Waals surface area contributed by atoms with Crippen LogP contribution in [0, 0.1) is 25.5 Å². The fraction of sp³-hybridized carbons (Fsp3) is 0.0909. The van der Waals surface area contributed by atoms with Crippen molar-refractivity contribution in [1.82, 2.24) is 9.97 Å². The second-order valence-corrected chi connectivity index (χ2v) is 6.37. The van der Waals surface area contributed by atoms with Crippen LogP contribution in [0.5, 0.6) is 0 Å². The molecule has 0 saturated carbocycles. The van der Waals surface area contributed by atoms with Crippen LogP contribution in [-0.2, 0) is 0 Å². The first kappa shape index (κ1) is 16.3. The van der Waals surface area contributed by atoms with Gasteiger partial charge in [0.15, 0.2) is 0 Å². The summed E-state index contributed by atoms with van der Waals surface area (Å²) in [6.07, 6.45) is 0. The van der Waals surface area contributed by atoms with E-state index in [1.807, 2.05) is 26.0 Å². The zero-order valence-corrected chi connectivity index (χ0v) is 14.4. The summed E-state index contributed by atoms with van der Waals surface area (Å²) in [5.41, 5.74) is 5.96. The summed E-state index contributed by atoms with van der Waals surface area (Å²) in [7, 11) is 0. The average Bonchev–Trinajstić information content (AvgIpc) is 2.62. The molecule has 26 heavy (non-hydrogen) atoms. The van der Waals surface area contributed by atoms with Crippen LogP contribution < -0.4 is 0 Å². The minimum atomic E-state index is -0.352. The number of aromatic nitrogens is 2. The Bertz CT molecular complexity index is 1050. The molecule has 0 bridgehead atoms. The van der Waals surface area contributed by atoms with Gasteiger partial charge in [-0.05, 0) is 61.4 Å². The van der Waals surface area contributed by atoms with Crippen molar-refractivity contribution < 1.29 is 8.78 Å². The summed E-state index contributed by atoms with van der Waals surface area (Å²) in [4.78, 5) is 9.49. The lowest BCUT2D eigenvalue weighted by Crippen LogP contribution is -1.97. The van der Waals surface area contributed by atoms with Gasteiger partial charge < -0.3 is 0 Å². The van der Waals surface area contributed by atoms with Gasteiger partial charge in [0.1, 0.15) is 11.6 Å². The van der Waals surface area contributed by atoms with Crippen molar-refractivity contribution in [2.45, 2.75) is 13.8 Å². The van der Waals surface area contributed by atoms with Crippen LogP contribution in [0.2, 0.25) is 0 Å². The largest absolute Gasteiger partial charge is 0.244 e. The zero-order chi connectivity index (χ0) is 18.3.